The van der Waals surface area contributed by atoms with E-state index in [1.807, 2.05) is 0 Å². The summed E-state index contributed by atoms with van der Waals surface area (Å²) in [5.74, 6) is 1.58. The summed E-state index contributed by atoms with van der Waals surface area (Å²) in [6.45, 7) is 13.8. The Labute approximate surface area is 198 Å². The van der Waals surface area contributed by atoms with Gasteiger partial charge in [0.05, 0.1) is 38.6 Å². The van der Waals surface area contributed by atoms with E-state index < -0.39 is 0 Å². The Bertz CT molecular complexity index is 940. The van der Waals surface area contributed by atoms with Gasteiger partial charge < -0.3 is 23.5 Å². The number of aliphatic imine (C=N–C) groups is 2. The number of rotatable bonds is 4. The highest BCUT2D eigenvalue weighted by atomic mass is 16.7. The summed E-state index contributed by atoms with van der Waals surface area (Å²) in [6.07, 6.45) is 1.50. The molecule has 33 heavy (non-hydrogen) atoms. The fourth-order valence-corrected chi connectivity index (χ4v) is 4.67. The first-order valence-electron chi connectivity index (χ1n) is 11.9. The Morgan fingerprint density at radius 2 is 1.67 bits per heavy atom. The summed E-state index contributed by atoms with van der Waals surface area (Å²) in [5.41, 5.74) is 3.99. The van der Waals surface area contributed by atoms with Crippen molar-refractivity contribution in [3.8, 4) is 0 Å². The van der Waals surface area contributed by atoms with Crippen molar-refractivity contribution in [1.82, 2.24) is 0 Å². The molecule has 0 saturated carbocycles. The number of hydrogen-bond donors (Lipinski definition) is 0. The van der Waals surface area contributed by atoms with Crippen molar-refractivity contribution >= 4 is 24.4 Å². The predicted molar refractivity (Wildman–Crippen MR) is 131 cm³/mol. The van der Waals surface area contributed by atoms with Crippen molar-refractivity contribution in [3.05, 3.63) is 28.8 Å². The molecule has 0 spiro atoms. The Balaban J connectivity index is 1.66. The Kier molecular flexibility index (Phi) is 6.64. The zero-order valence-electron chi connectivity index (χ0n) is 21.2. The molecule has 0 aromatic heterocycles. The molecule has 2 atom stereocenters. The lowest BCUT2D eigenvalue weighted by Gasteiger charge is -2.32. The van der Waals surface area contributed by atoms with Crippen molar-refractivity contribution in [3.63, 3.8) is 0 Å². The number of benzene rings is 1. The van der Waals surface area contributed by atoms with Crippen LogP contribution in [0.25, 0.3) is 0 Å². The Hall–Kier alpha value is -1.90. The van der Waals surface area contributed by atoms with Gasteiger partial charge in [0.2, 0.25) is 11.8 Å². The maximum atomic E-state index is 6.36. The van der Waals surface area contributed by atoms with Gasteiger partial charge in [0, 0.05) is 6.42 Å². The van der Waals surface area contributed by atoms with Crippen molar-refractivity contribution in [2.24, 2.45) is 15.9 Å². The minimum atomic E-state index is -0.383. The van der Waals surface area contributed by atoms with Crippen LogP contribution in [-0.2, 0) is 43.0 Å². The monoisotopic (exact) mass is 456 g/mol. The molecule has 3 aliphatic rings. The Morgan fingerprint density at radius 3 is 2.27 bits per heavy atom. The molecule has 0 radical (unpaired) electrons. The SMILES string of the molecule is COC1=N[C@H](C(C)C)C(OC)=N[C@H]1Cc1ccc(B2OC(C)(C)C(C)(C)O2)c2c1COCC2. The van der Waals surface area contributed by atoms with Crippen LogP contribution in [0.1, 0.15) is 58.2 Å². The average molecular weight is 456 g/mol. The van der Waals surface area contributed by atoms with Gasteiger partial charge in [-0.3, -0.25) is 0 Å². The molecule has 0 unspecified atom stereocenters. The van der Waals surface area contributed by atoms with Crippen molar-refractivity contribution in [1.29, 1.82) is 0 Å². The van der Waals surface area contributed by atoms with E-state index in [1.54, 1.807) is 14.2 Å². The third-order valence-electron chi connectivity index (χ3n) is 7.36. The molecule has 0 amide bonds. The highest BCUT2D eigenvalue weighted by Crippen LogP contribution is 2.37. The van der Waals surface area contributed by atoms with Crippen LogP contribution in [0.5, 0.6) is 0 Å². The molecule has 8 heteroatoms. The minimum absolute atomic E-state index is 0.121. The second-order valence-corrected chi connectivity index (χ2v) is 10.4. The lowest BCUT2D eigenvalue weighted by atomic mass is 9.72. The zero-order valence-corrected chi connectivity index (χ0v) is 21.2. The van der Waals surface area contributed by atoms with Gasteiger partial charge in [-0.1, -0.05) is 26.0 Å². The van der Waals surface area contributed by atoms with Gasteiger partial charge in [0.1, 0.15) is 12.1 Å². The van der Waals surface area contributed by atoms with E-state index in [1.165, 1.54) is 16.7 Å². The van der Waals surface area contributed by atoms with Crippen LogP contribution < -0.4 is 5.46 Å². The molecule has 0 aliphatic carbocycles. The second kappa shape index (κ2) is 9.04. The van der Waals surface area contributed by atoms with Gasteiger partial charge in [-0.05, 0) is 62.2 Å². The zero-order chi connectivity index (χ0) is 24.0. The van der Waals surface area contributed by atoms with E-state index >= 15 is 0 Å². The van der Waals surface area contributed by atoms with Crippen LogP contribution in [0, 0.1) is 5.92 Å². The van der Waals surface area contributed by atoms with Crippen molar-refractivity contribution in [2.45, 2.75) is 84.3 Å². The third-order valence-corrected chi connectivity index (χ3v) is 7.36. The molecule has 1 aromatic rings. The molecular weight excluding hydrogens is 419 g/mol. The molecule has 3 aliphatic heterocycles. The van der Waals surface area contributed by atoms with Crippen molar-refractivity contribution < 1.29 is 23.5 Å². The highest BCUT2D eigenvalue weighted by Gasteiger charge is 2.52. The van der Waals surface area contributed by atoms with Gasteiger partial charge in [0.25, 0.3) is 0 Å². The summed E-state index contributed by atoms with van der Waals surface area (Å²) in [5, 5.41) is 0. The summed E-state index contributed by atoms with van der Waals surface area (Å²) >= 11 is 0. The van der Waals surface area contributed by atoms with E-state index in [2.05, 4.69) is 53.7 Å². The number of hydrogen-bond acceptors (Lipinski definition) is 7. The standard InChI is InChI=1S/C25H37BN2O5/c1-15(2)21-23(30-8)27-20(22(28-21)29-7)13-16-9-10-19(17-11-12-31-14-18(16)17)26-32-24(3,4)25(5,6)33-26/h9-10,15,20-21H,11-14H2,1-8H3/t20-,21+/m0/s1. The molecule has 7 nitrogen and oxygen atoms in total. The molecule has 1 saturated heterocycles. The highest BCUT2D eigenvalue weighted by molar-refractivity contribution is 6.62. The van der Waals surface area contributed by atoms with Crippen LogP contribution >= 0.6 is 0 Å². The molecule has 0 N–H and O–H groups in total. The molecule has 4 rings (SSSR count). The van der Waals surface area contributed by atoms with Gasteiger partial charge in [-0.15, -0.1) is 0 Å². The topological polar surface area (TPSA) is 70.9 Å². The number of fused-ring (bicyclic) bond motifs is 1. The van der Waals surface area contributed by atoms with Crippen LogP contribution in [0.4, 0.5) is 0 Å². The predicted octanol–water partition coefficient (Wildman–Crippen LogP) is 3.10. The van der Waals surface area contributed by atoms with E-state index in [0.717, 1.165) is 11.9 Å². The van der Waals surface area contributed by atoms with Gasteiger partial charge in [-0.2, -0.15) is 0 Å². The summed E-state index contributed by atoms with van der Waals surface area (Å²) < 4.78 is 29.8. The number of ether oxygens (including phenoxy) is 3. The molecule has 180 valence electrons. The van der Waals surface area contributed by atoms with Crippen molar-refractivity contribution in [2.75, 3.05) is 20.8 Å². The van der Waals surface area contributed by atoms with E-state index in [9.17, 15) is 0 Å². The first-order chi connectivity index (χ1) is 15.6. The van der Waals surface area contributed by atoms with Crippen LogP contribution in [-0.4, -0.2) is 63.0 Å². The van der Waals surface area contributed by atoms with E-state index in [0.29, 0.717) is 31.4 Å². The molecule has 0 bridgehead atoms. The first kappa shape index (κ1) is 24.2. The van der Waals surface area contributed by atoms with Gasteiger partial charge >= 0.3 is 7.12 Å². The summed E-state index contributed by atoms with van der Waals surface area (Å²) in [7, 11) is 2.94. The molecule has 3 heterocycles. The van der Waals surface area contributed by atoms with Gasteiger partial charge in [-0.25, -0.2) is 9.98 Å². The lowest BCUT2D eigenvalue weighted by Crippen LogP contribution is -2.41. The maximum Gasteiger partial charge on any atom is 0.495 e. The summed E-state index contributed by atoms with van der Waals surface area (Å²) in [6, 6.07) is 3.95. The fraction of sp³-hybridized carbons (Fsp3) is 0.680. The normalized spacial score (nSPS) is 26.0. The Morgan fingerprint density at radius 1 is 1.00 bits per heavy atom. The fourth-order valence-electron chi connectivity index (χ4n) is 4.67. The van der Waals surface area contributed by atoms with E-state index in [4.69, 9.17) is 33.5 Å². The average Bonchev–Trinajstić information content (AvgIpc) is 3.00. The molecule has 1 fully saturated rings. The largest absolute Gasteiger partial charge is 0.495 e. The molecule has 1 aromatic carbocycles. The van der Waals surface area contributed by atoms with Crippen LogP contribution in [0.2, 0.25) is 0 Å². The minimum Gasteiger partial charge on any atom is -0.483 e. The lowest BCUT2D eigenvalue weighted by molar-refractivity contribution is 0.00578. The van der Waals surface area contributed by atoms with Gasteiger partial charge in [0.15, 0.2) is 0 Å². The second-order valence-electron chi connectivity index (χ2n) is 10.4. The molecular formula is C25H37BN2O5. The smallest absolute Gasteiger partial charge is 0.483 e. The van der Waals surface area contributed by atoms with Crippen LogP contribution in [0.3, 0.4) is 0 Å². The maximum absolute atomic E-state index is 6.36. The first-order valence-corrected chi connectivity index (χ1v) is 11.9. The number of nitrogens with zero attached hydrogens (tertiary/aromatic N) is 2. The van der Waals surface area contributed by atoms with Crippen LogP contribution in [0.15, 0.2) is 22.1 Å². The quantitative estimate of drug-likeness (QED) is 0.652. The third kappa shape index (κ3) is 4.45. The van der Waals surface area contributed by atoms with E-state index in [-0.39, 0.29) is 36.3 Å². The summed E-state index contributed by atoms with van der Waals surface area (Å²) in [4.78, 5) is 9.71. The number of methoxy groups -OCH3 is 2.